The molecule has 3 aromatic rings. The Bertz CT molecular complexity index is 1160. The van der Waals surface area contributed by atoms with Gasteiger partial charge in [-0.25, -0.2) is 9.69 Å². The molecule has 1 aromatic heterocycles. The van der Waals surface area contributed by atoms with Crippen molar-refractivity contribution in [3.05, 3.63) is 70.3 Å². The van der Waals surface area contributed by atoms with Gasteiger partial charge in [0.2, 0.25) is 0 Å². The zero-order chi connectivity index (χ0) is 20.5. The van der Waals surface area contributed by atoms with Crippen LogP contribution in [0.1, 0.15) is 18.9 Å². The summed E-state index contributed by atoms with van der Waals surface area (Å²) in [5.41, 5.74) is 2.11. The van der Waals surface area contributed by atoms with Crippen molar-refractivity contribution in [2.24, 2.45) is 0 Å². The summed E-state index contributed by atoms with van der Waals surface area (Å²) in [6.45, 7) is 2.92. The molecular formula is C22H18BrN3O3. The van der Waals surface area contributed by atoms with Crippen LogP contribution < -0.4 is 10.2 Å². The van der Waals surface area contributed by atoms with Gasteiger partial charge in [-0.15, -0.1) is 0 Å². The van der Waals surface area contributed by atoms with Crippen molar-refractivity contribution in [3.8, 4) is 0 Å². The predicted octanol–water partition coefficient (Wildman–Crippen LogP) is 4.48. The number of barbiturate groups is 1. The van der Waals surface area contributed by atoms with E-state index in [-0.39, 0.29) is 5.57 Å². The highest BCUT2D eigenvalue weighted by atomic mass is 79.9. The third-order valence-corrected chi connectivity index (χ3v) is 5.30. The largest absolute Gasteiger partial charge is 0.347 e. The predicted molar refractivity (Wildman–Crippen MR) is 115 cm³/mol. The molecule has 0 aliphatic carbocycles. The van der Waals surface area contributed by atoms with Crippen LogP contribution in [0.15, 0.2) is 64.8 Å². The van der Waals surface area contributed by atoms with Crippen molar-refractivity contribution in [3.63, 3.8) is 0 Å². The van der Waals surface area contributed by atoms with Crippen LogP contribution in [-0.4, -0.2) is 22.4 Å². The number of anilines is 1. The molecule has 4 rings (SSSR count). The van der Waals surface area contributed by atoms with Gasteiger partial charge in [0.05, 0.1) is 5.69 Å². The van der Waals surface area contributed by atoms with Crippen LogP contribution >= 0.6 is 15.9 Å². The molecule has 1 aliphatic rings. The Morgan fingerprint density at radius 2 is 1.76 bits per heavy atom. The number of amides is 4. The number of aromatic nitrogens is 1. The molecule has 1 saturated heterocycles. The van der Waals surface area contributed by atoms with Crippen molar-refractivity contribution in [1.82, 2.24) is 9.88 Å². The Hall–Kier alpha value is -3.19. The average Bonchev–Trinajstić information content (AvgIpc) is 3.04. The van der Waals surface area contributed by atoms with Crippen molar-refractivity contribution in [2.45, 2.75) is 19.9 Å². The SMILES string of the molecule is CCCn1cc(C=C2C(=O)NC(=O)N(c3ccc(Br)cc3)C2=O)c2ccccc21. The number of nitrogens with one attached hydrogen (secondary N) is 1. The van der Waals surface area contributed by atoms with E-state index < -0.39 is 17.8 Å². The number of halogens is 1. The van der Waals surface area contributed by atoms with E-state index in [1.54, 1.807) is 30.3 Å². The fourth-order valence-electron chi connectivity index (χ4n) is 3.45. The number of aryl methyl sites for hydroxylation is 1. The molecule has 1 aliphatic heterocycles. The number of benzene rings is 2. The third kappa shape index (κ3) is 3.49. The Morgan fingerprint density at radius 1 is 1.03 bits per heavy atom. The summed E-state index contributed by atoms with van der Waals surface area (Å²) in [5.74, 6) is -1.34. The second-order valence-electron chi connectivity index (χ2n) is 6.73. The molecule has 0 unspecified atom stereocenters. The number of carbonyl (C=O) groups is 3. The van der Waals surface area contributed by atoms with Gasteiger partial charge in [-0.1, -0.05) is 41.1 Å². The first-order valence-electron chi connectivity index (χ1n) is 9.24. The van der Waals surface area contributed by atoms with Crippen LogP contribution in [0.2, 0.25) is 0 Å². The Kier molecular flexibility index (Phi) is 5.07. The van der Waals surface area contributed by atoms with E-state index in [0.29, 0.717) is 5.69 Å². The first-order chi connectivity index (χ1) is 14.0. The minimum absolute atomic E-state index is 0.0769. The second-order valence-corrected chi connectivity index (χ2v) is 7.64. The Labute approximate surface area is 175 Å². The highest BCUT2D eigenvalue weighted by Gasteiger charge is 2.36. The van der Waals surface area contributed by atoms with Crippen LogP contribution in [0.3, 0.4) is 0 Å². The quantitative estimate of drug-likeness (QED) is 0.469. The Balaban J connectivity index is 1.79. The van der Waals surface area contributed by atoms with Crippen molar-refractivity contribution in [2.75, 3.05) is 4.90 Å². The molecule has 0 bridgehead atoms. The molecule has 6 nitrogen and oxygen atoms in total. The molecule has 29 heavy (non-hydrogen) atoms. The standard InChI is InChI=1S/C22H18BrN3O3/c1-2-11-25-13-14(17-5-3-4-6-19(17)25)12-18-20(27)24-22(29)26(21(18)28)16-9-7-15(23)8-10-16/h3-10,12-13H,2,11H2,1H3,(H,24,27,29). The maximum absolute atomic E-state index is 13.1. The molecule has 0 spiro atoms. The summed E-state index contributed by atoms with van der Waals surface area (Å²) in [6, 6.07) is 13.8. The second kappa shape index (κ2) is 7.67. The van der Waals surface area contributed by atoms with Crippen molar-refractivity contribution < 1.29 is 14.4 Å². The van der Waals surface area contributed by atoms with E-state index in [1.807, 2.05) is 30.5 Å². The Morgan fingerprint density at radius 3 is 2.48 bits per heavy atom. The molecular weight excluding hydrogens is 434 g/mol. The molecule has 1 N–H and O–H groups in total. The maximum Gasteiger partial charge on any atom is 0.335 e. The smallest absolute Gasteiger partial charge is 0.335 e. The minimum atomic E-state index is -0.757. The number of carbonyl (C=O) groups excluding carboxylic acids is 3. The van der Waals surface area contributed by atoms with E-state index in [9.17, 15) is 14.4 Å². The van der Waals surface area contributed by atoms with E-state index in [1.165, 1.54) is 0 Å². The van der Waals surface area contributed by atoms with Gasteiger partial charge in [-0.3, -0.25) is 14.9 Å². The number of imide groups is 2. The first kappa shape index (κ1) is 19.1. The zero-order valence-corrected chi connectivity index (χ0v) is 17.3. The number of nitrogens with zero attached hydrogens (tertiary/aromatic N) is 2. The lowest BCUT2D eigenvalue weighted by Gasteiger charge is -2.26. The molecule has 7 heteroatoms. The number of rotatable bonds is 4. The lowest BCUT2D eigenvalue weighted by Crippen LogP contribution is -2.54. The number of para-hydroxylation sites is 1. The highest BCUT2D eigenvalue weighted by Crippen LogP contribution is 2.27. The van der Waals surface area contributed by atoms with Gasteiger partial charge in [-0.05, 0) is 42.8 Å². The molecule has 4 amide bonds. The summed E-state index contributed by atoms with van der Waals surface area (Å²) in [4.78, 5) is 38.8. The summed E-state index contributed by atoms with van der Waals surface area (Å²) >= 11 is 3.33. The zero-order valence-electron chi connectivity index (χ0n) is 15.7. The maximum atomic E-state index is 13.1. The minimum Gasteiger partial charge on any atom is -0.347 e. The molecule has 146 valence electrons. The number of hydrogen-bond acceptors (Lipinski definition) is 3. The van der Waals surface area contributed by atoms with E-state index in [4.69, 9.17) is 0 Å². The van der Waals surface area contributed by atoms with Crippen LogP contribution in [0.5, 0.6) is 0 Å². The molecule has 2 heterocycles. The van der Waals surface area contributed by atoms with E-state index in [2.05, 4.69) is 32.7 Å². The molecule has 1 fully saturated rings. The number of fused-ring (bicyclic) bond motifs is 1. The van der Waals surface area contributed by atoms with Gasteiger partial charge in [0.1, 0.15) is 5.57 Å². The molecule has 0 radical (unpaired) electrons. The van der Waals surface area contributed by atoms with Gasteiger partial charge in [-0.2, -0.15) is 0 Å². The molecule has 0 saturated carbocycles. The summed E-state index contributed by atoms with van der Waals surface area (Å²) in [7, 11) is 0. The van der Waals surface area contributed by atoms with Crippen LogP contribution in [0, 0.1) is 0 Å². The third-order valence-electron chi connectivity index (χ3n) is 4.77. The van der Waals surface area contributed by atoms with Crippen molar-refractivity contribution >= 4 is 56.4 Å². The lowest BCUT2D eigenvalue weighted by molar-refractivity contribution is -0.122. The lowest BCUT2D eigenvalue weighted by atomic mass is 10.1. The average molecular weight is 452 g/mol. The van der Waals surface area contributed by atoms with Crippen molar-refractivity contribution in [1.29, 1.82) is 0 Å². The van der Waals surface area contributed by atoms with Crippen LogP contribution in [0.25, 0.3) is 17.0 Å². The van der Waals surface area contributed by atoms with Crippen LogP contribution in [0.4, 0.5) is 10.5 Å². The summed E-state index contributed by atoms with van der Waals surface area (Å²) in [6.07, 6.45) is 4.45. The summed E-state index contributed by atoms with van der Waals surface area (Å²) in [5, 5.41) is 3.21. The van der Waals surface area contributed by atoms with Gasteiger partial charge in [0, 0.05) is 33.7 Å². The monoisotopic (exact) mass is 451 g/mol. The number of urea groups is 1. The molecule has 2 aromatic carbocycles. The summed E-state index contributed by atoms with van der Waals surface area (Å²) < 4.78 is 2.92. The van der Waals surface area contributed by atoms with Gasteiger partial charge in [0.25, 0.3) is 11.8 Å². The fraction of sp³-hybridized carbons (Fsp3) is 0.136. The van der Waals surface area contributed by atoms with E-state index >= 15 is 0 Å². The van der Waals surface area contributed by atoms with Gasteiger partial charge in [0.15, 0.2) is 0 Å². The van der Waals surface area contributed by atoms with Crippen LogP contribution in [-0.2, 0) is 16.1 Å². The molecule has 0 atom stereocenters. The van der Waals surface area contributed by atoms with Gasteiger partial charge >= 0.3 is 6.03 Å². The van der Waals surface area contributed by atoms with E-state index in [0.717, 1.165) is 38.8 Å². The first-order valence-corrected chi connectivity index (χ1v) is 10.0. The normalized spacial score (nSPS) is 16.0. The topological polar surface area (TPSA) is 71.4 Å². The highest BCUT2D eigenvalue weighted by molar-refractivity contribution is 9.10. The van der Waals surface area contributed by atoms with Gasteiger partial charge < -0.3 is 4.57 Å². The number of hydrogen-bond donors (Lipinski definition) is 1. The fourth-order valence-corrected chi connectivity index (χ4v) is 3.72.